The average Bonchev–Trinajstić information content (AvgIpc) is 2.41. The number of nitrogens with two attached hydrogens (primary N) is 1. The molecule has 1 heterocycles. The first kappa shape index (κ1) is 15.7. The molecule has 3 N–H and O–H groups in total. The van der Waals surface area contributed by atoms with Gasteiger partial charge in [0.1, 0.15) is 5.75 Å². The van der Waals surface area contributed by atoms with Gasteiger partial charge in [0.15, 0.2) is 0 Å². The number of ether oxygens (including phenoxy) is 1. The number of aliphatic hydroxyl groups excluding tert-OH is 1. The Morgan fingerprint density at radius 3 is 2.74 bits per heavy atom. The number of aliphatic hydroxyl groups is 1. The third kappa shape index (κ3) is 6.35. The maximum Gasteiger partial charge on any atom is 0.270 e. The van der Waals surface area contributed by atoms with Gasteiger partial charge in [-0.15, -0.1) is 0 Å². The highest BCUT2D eigenvalue weighted by atomic mass is 16.5. The van der Waals surface area contributed by atoms with Gasteiger partial charge in [-0.1, -0.05) is 12.8 Å². The molecule has 0 atom stereocenters. The van der Waals surface area contributed by atoms with Crippen LogP contribution >= 0.6 is 0 Å². The van der Waals surface area contributed by atoms with Crippen molar-refractivity contribution in [3.05, 3.63) is 22.6 Å². The molecule has 1 rings (SSSR count). The number of aryl methyl sites for hydroxylation is 1. The van der Waals surface area contributed by atoms with Crippen LogP contribution in [0.25, 0.3) is 0 Å². The summed E-state index contributed by atoms with van der Waals surface area (Å²) in [6.45, 7) is 1.90. The Kier molecular flexibility index (Phi) is 7.84. The Bertz CT molecular complexity index is 406. The van der Waals surface area contributed by atoms with E-state index in [1.165, 1.54) is 10.7 Å². The predicted molar refractivity (Wildman–Crippen MR) is 73.2 cm³/mol. The van der Waals surface area contributed by atoms with Gasteiger partial charge >= 0.3 is 0 Å². The molecule has 0 aromatic carbocycles. The number of hydrogen-bond donors (Lipinski definition) is 2. The predicted octanol–water partition coefficient (Wildman–Crippen LogP) is 0.524. The van der Waals surface area contributed by atoms with Crippen LogP contribution in [-0.2, 0) is 6.54 Å². The summed E-state index contributed by atoms with van der Waals surface area (Å²) in [6, 6.07) is 1.46. The minimum atomic E-state index is -0.146. The van der Waals surface area contributed by atoms with Gasteiger partial charge in [0.25, 0.3) is 5.56 Å². The van der Waals surface area contributed by atoms with Crippen molar-refractivity contribution < 1.29 is 9.84 Å². The molecule has 0 saturated carbocycles. The number of aromatic nitrogens is 2. The SMILES string of the molecule is NCCCOc1cnn(CCCCCCO)c(=O)c1. The van der Waals surface area contributed by atoms with Crippen molar-refractivity contribution in [3.63, 3.8) is 0 Å². The summed E-state index contributed by atoms with van der Waals surface area (Å²) in [5.74, 6) is 0.495. The zero-order chi connectivity index (χ0) is 13.9. The molecule has 0 bridgehead atoms. The van der Waals surface area contributed by atoms with E-state index in [2.05, 4.69) is 5.10 Å². The van der Waals surface area contributed by atoms with Crippen molar-refractivity contribution in [2.45, 2.75) is 38.6 Å². The van der Waals surface area contributed by atoms with Crippen molar-refractivity contribution >= 4 is 0 Å². The molecule has 1 aromatic rings. The monoisotopic (exact) mass is 269 g/mol. The van der Waals surface area contributed by atoms with E-state index in [1.807, 2.05) is 0 Å². The van der Waals surface area contributed by atoms with E-state index in [9.17, 15) is 4.79 Å². The second-order valence-electron chi connectivity index (χ2n) is 4.38. The van der Waals surface area contributed by atoms with Gasteiger partial charge in [0.2, 0.25) is 0 Å². The molecule has 6 nitrogen and oxygen atoms in total. The molecule has 0 saturated heterocycles. The molecule has 0 radical (unpaired) electrons. The minimum Gasteiger partial charge on any atom is -0.492 e. The lowest BCUT2D eigenvalue weighted by atomic mass is 10.2. The fourth-order valence-electron chi connectivity index (χ4n) is 1.66. The summed E-state index contributed by atoms with van der Waals surface area (Å²) in [4.78, 5) is 11.7. The zero-order valence-corrected chi connectivity index (χ0v) is 11.3. The average molecular weight is 269 g/mol. The van der Waals surface area contributed by atoms with Crippen LogP contribution in [0.15, 0.2) is 17.1 Å². The number of rotatable bonds is 10. The molecule has 1 aromatic heterocycles. The minimum absolute atomic E-state index is 0.146. The molecular formula is C13H23N3O3. The lowest BCUT2D eigenvalue weighted by molar-refractivity contribution is 0.281. The Hall–Kier alpha value is -1.40. The summed E-state index contributed by atoms with van der Waals surface area (Å²) in [7, 11) is 0. The van der Waals surface area contributed by atoms with Crippen LogP contribution in [0.1, 0.15) is 32.1 Å². The van der Waals surface area contributed by atoms with Gasteiger partial charge in [-0.25, -0.2) is 4.68 Å². The molecular weight excluding hydrogens is 246 g/mol. The Morgan fingerprint density at radius 1 is 1.26 bits per heavy atom. The highest BCUT2D eigenvalue weighted by Gasteiger charge is 2.01. The van der Waals surface area contributed by atoms with Crippen LogP contribution in [0.5, 0.6) is 5.75 Å². The van der Waals surface area contributed by atoms with E-state index in [0.717, 1.165) is 32.1 Å². The third-order valence-corrected chi connectivity index (χ3v) is 2.74. The number of nitrogens with zero attached hydrogens (tertiary/aromatic N) is 2. The number of hydrogen-bond acceptors (Lipinski definition) is 5. The van der Waals surface area contributed by atoms with Gasteiger partial charge in [-0.2, -0.15) is 5.10 Å². The maximum atomic E-state index is 11.7. The van der Waals surface area contributed by atoms with E-state index in [4.69, 9.17) is 15.6 Å². The van der Waals surface area contributed by atoms with E-state index in [-0.39, 0.29) is 12.2 Å². The molecule has 0 amide bonds. The maximum absolute atomic E-state index is 11.7. The molecule has 19 heavy (non-hydrogen) atoms. The third-order valence-electron chi connectivity index (χ3n) is 2.74. The zero-order valence-electron chi connectivity index (χ0n) is 11.3. The molecule has 0 aliphatic heterocycles. The molecule has 6 heteroatoms. The topological polar surface area (TPSA) is 90.4 Å². The van der Waals surface area contributed by atoms with Crippen LogP contribution < -0.4 is 16.0 Å². The number of unbranched alkanes of at least 4 members (excludes halogenated alkanes) is 3. The molecule has 0 aliphatic rings. The lowest BCUT2D eigenvalue weighted by Gasteiger charge is -2.07. The van der Waals surface area contributed by atoms with Crippen molar-refractivity contribution in [2.75, 3.05) is 19.8 Å². The molecule has 108 valence electrons. The summed E-state index contributed by atoms with van der Waals surface area (Å²) in [6.07, 6.45) is 5.99. The first-order valence-electron chi connectivity index (χ1n) is 6.79. The fourth-order valence-corrected chi connectivity index (χ4v) is 1.66. The first-order valence-corrected chi connectivity index (χ1v) is 6.79. The van der Waals surface area contributed by atoms with Crippen molar-refractivity contribution in [2.24, 2.45) is 5.73 Å². The van der Waals surface area contributed by atoms with Crippen LogP contribution in [0.4, 0.5) is 0 Å². The lowest BCUT2D eigenvalue weighted by Crippen LogP contribution is -2.22. The van der Waals surface area contributed by atoms with Crippen LogP contribution in [0, 0.1) is 0 Å². The van der Waals surface area contributed by atoms with Gasteiger partial charge in [0, 0.05) is 19.2 Å². The van der Waals surface area contributed by atoms with Crippen molar-refractivity contribution in [1.29, 1.82) is 0 Å². The summed E-state index contributed by atoms with van der Waals surface area (Å²) in [5.41, 5.74) is 5.21. The second-order valence-corrected chi connectivity index (χ2v) is 4.38. The van der Waals surface area contributed by atoms with E-state index >= 15 is 0 Å². The Balaban J connectivity index is 2.37. The van der Waals surface area contributed by atoms with Gasteiger partial charge < -0.3 is 15.6 Å². The quantitative estimate of drug-likeness (QED) is 0.604. The highest BCUT2D eigenvalue weighted by molar-refractivity contribution is 5.13. The van der Waals surface area contributed by atoms with Crippen LogP contribution in [-0.4, -0.2) is 34.6 Å². The van der Waals surface area contributed by atoms with Gasteiger partial charge in [-0.3, -0.25) is 4.79 Å². The molecule has 0 fully saturated rings. The van der Waals surface area contributed by atoms with Crippen molar-refractivity contribution in [1.82, 2.24) is 9.78 Å². The van der Waals surface area contributed by atoms with Crippen LogP contribution in [0.2, 0.25) is 0 Å². The van der Waals surface area contributed by atoms with Crippen molar-refractivity contribution in [3.8, 4) is 5.75 Å². The Morgan fingerprint density at radius 2 is 2.05 bits per heavy atom. The summed E-state index contributed by atoms with van der Waals surface area (Å²) < 4.78 is 6.80. The van der Waals surface area contributed by atoms with E-state index in [0.29, 0.717) is 25.4 Å². The molecule has 0 aliphatic carbocycles. The second kappa shape index (κ2) is 9.52. The summed E-state index contributed by atoms with van der Waals surface area (Å²) >= 11 is 0. The van der Waals surface area contributed by atoms with Gasteiger partial charge in [0.05, 0.1) is 12.8 Å². The summed E-state index contributed by atoms with van der Waals surface area (Å²) in [5, 5.41) is 12.7. The van der Waals surface area contributed by atoms with Crippen LogP contribution in [0.3, 0.4) is 0 Å². The highest BCUT2D eigenvalue weighted by Crippen LogP contribution is 2.05. The smallest absolute Gasteiger partial charge is 0.270 e. The van der Waals surface area contributed by atoms with E-state index in [1.54, 1.807) is 6.20 Å². The normalized spacial score (nSPS) is 10.6. The fraction of sp³-hybridized carbons (Fsp3) is 0.692. The van der Waals surface area contributed by atoms with E-state index < -0.39 is 0 Å². The standard InChI is InChI=1S/C13H23N3O3/c14-6-5-9-19-12-10-13(18)16(15-11-12)7-3-1-2-4-8-17/h10-11,17H,1-9,14H2. The van der Waals surface area contributed by atoms with Gasteiger partial charge in [-0.05, 0) is 25.8 Å². The molecule has 0 spiro atoms. The first-order chi connectivity index (χ1) is 9.27. The Labute approximate surface area is 113 Å². The molecule has 0 unspecified atom stereocenters. The largest absolute Gasteiger partial charge is 0.492 e.